The van der Waals surface area contributed by atoms with Gasteiger partial charge in [0.05, 0.1) is 0 Å². The van der Waals surface area contributed by atoms with Gasteiger partial charge in [0.25, 0.3) is 0 Å². The second-order valence-corrected chi connectivity index (χ2v) is 5.12. The molecule has 96 valence electrons. The first kappa shape index (κ1) is 12.9. The zero-order valence-electron chi connectivity index (χ0n) is 10.3. The smallest absolute Gasteiger partial charge is 0.291 e. The summed E-state index contributed by atoms with van der Waals surface area (Å²) in [7, 11) is 0. The molecule has 2 unspecified atom stereocenters. The maximum Gasteiger partial charge on any atom is 0.328 e. The molecule has 3 amide bonds. The second-order valence-electron chi connectivity index (χ2n) is 4.46. The van der Waals surface area contributed by atoms with Crippen LogP contribution in [-0.2, 0) is 11.2 Å². The Labute approximate surface area is 111 Å². The number of halogens is 1. The maximum atomic E-state index is 12.1. The van der Waals surface area contributed by atoms with Crippen LogP contribution in [0.1, 0.15) is 19.4 Å². The van der Waals surface area contributed by atoms with Gasteiger partial charge in [-0.25, -0.2) is 4.79 Å². The number of carbonyl (C=O) groups is 2. The van der Waals surface area contributed by atoms with Crippen molar-refractivity contribution >= 4 is 29.2 Å². The van der Waals surface area contributed by atoms with Crippen molar-refractivity contribution in [3.05, 3.63) is 29.8 Å². The van der Waals surface area contributed by atoms with Gasteiger partial charge in [0.2, 0.25) is 5.91 Å². The minimum absolute atomic E-state index is 0.0424. The predicted molar refractivity (Wildman–Crippen MR) is 70.9 cm³/mol. The molecule has 2 atom stereocenters. The van der Waals surface area contributed by atoms with E-state index in [1.807, 2.05) is 31.2 Å². The first-order chi connectivity index (χ1) is 8.50. The van der Waals surface area contributed by atoms with Crippen molar-refractivity contribution in [1.82, 2.24) is 5.32 Å². The molecule has 0 fully saturated rings. The zero-order chi connectivity index (χ0) is 13.3. The number of rotatable bonds is 1. The fraction of sp³-hybridized carbons (Fsp3) is 0.385. The third-order valence-corrected chi connectivity index (χ3v) is 3.22. The second kappa shape index (κ2) is 4.98. The third-order valence-electron chi connectivity index (χ3n) is 3.02. The number of urea groups is 1. The Hall–Kier alpha value is -1.55. The van der Waals surface area contributed by atoms with E-state index in [0.717, 1.165) is 17.7 Å². The largest absolute Gasteiger partial charge is 0.328 e. The number of anilines is 1. The highest BCUT2D eigenvalue weighted by Crippen LogP contribution is 2.31. The summed E-state index contributed by atoms with van der Waals surface area (Å²) in [6, 6.07) is 7.33. The van der Waals surface area contributed by atoms with E-state index < -0.39 is 17.3 Å². The van der Waals surface area contributed by atoms with Gasteiger partial charge in [-0.05, 0) is 31.9 Å². The molecule has 18 heavy (non-hydrogen) atoms. The lowest BCUT2D eigenvalue weighted by Gasteiger charge is -2.22. The van der Waals surface area contributed by atoms with Crippen molar-refractivity contribution in [2.24, 2.45) is 0 Å². The van der Waals surface area contributed by atoms with E-state index >= 15 is 0 Å². The molecular formula is C13H15ClN2O2. The molecule has 0 saturated heterocycles. The predicted octanol–water partition coefficient (Wildman–Crippen LogP) is 2.30. The molecule has 0 aromatic heterocycles. The standard InChI is InChI=1S/C13H15ClN2O2/c1-8-7-10-5-3-4-6-11(10)16(8)13(18)15-12(17)9(2)14/h3-6,8-9H,7H2,1-2H3,(H,15,17,18). The van der Waals surface area contributed by atoms with Gasteiger partial charge in [0, 0.05) is 11.7 Å². The van der Waals surface area contributed by atoms with Crippen molar-refractivity contribution in [2.75, 3.05) is 4.90 Å². The van der Waals surface area contributed by atoms with Gasteiger partial charge in [-0.1, -0.05) is 18.2 Å². The molecule has 4 nitrogen and oxygen atoms in total. The summed E-state index contributed by atoms with van der Waals surface area (Å²) in [4.78, 5) is 25.1. The Kier molecular flexibility index (Phi) is 3.57. The molecule has 0 aliphatic carbocycles. The molecule has 0 radical (unpaired) electrons. The number of imide groups is 1. The molecule has 1 N–H and O–H groups in total. The fourth-order valence-corrected chi connectivity index (χ4v) is 2.19. The lowest BCUT2D eigenvalue weighted by Crippen LogP contribution is -2.47. The van der Waals surface area contributed by atoms with Crippen LogP contribution in [0.5, 0.6) is 0 Å². The van der Waals surface area contributed by atoms with E-state index in [4.69, 9.17) is 11.6 Å². The number of hydrogen-bond donors (Lipinski definition) is 1. The van der Waals surface area contributed by atoms with E-state index in [1.165, 1.54) is 6.92 Å². The van der Waals surface area contributed by atoms with Crippen LogP contribution in [-0.4, -0.2) is 23.4 Å². The molecule has 5 heteroatoms. The number of carbonyl (C=O) groups excluding carboxylic acids is 2. The molecule has 0 bridgehead atoms. The highest BCUT2D eigenvalue weighted by molar-refractivity contribution is 6.31. The van der Waals surface area contributed by atoms with Crippen LogP contribution in [0.25, 0.3) is 0 Å². The van der Waals surface area contributed by atoms with Gasteiger partial charge in [-0.15, -0.1) is 11.6 Å². The number of hydrogen-bond acceptors (Lipinski definition) is 2. The maximum absolute atomic E-state index is 12.1. The van der Waals surface area contributed by atoms with Crippen molar-refractivity contribution < 1.29 is 9.59 Å². The number of fused-ring (bicyclic) bond motifs is 1. The number of benzene rings is 1. The topological polar surface area (TPSA) is 49.4 Å². The Morgan fingerprint density at radius 1 is 1.44 bits per heavy atom. The van der Waals surface area contributed by atoms with Crippen LogP contribution in [0, 0.1) is 0 Å². The van der Waals surface area contributed by atoms with Gasteiger partial charge in [0.1, 0.15) is 5.38 Å². The molecule has 1 aliphatic rings. The average Bonchev–Trinajstić information content (AvgIpc) is 2.64. The monoisotopic (exact) mass is 266 g/mol. The Morgan fingerprint density at radius 2 is 2.11 bits per heavy atom. The molecule has 1 heterocycles. The molecule has 0 saturated carbocycles. The Bertz CT molecular complexity index is 488. The van der Waals surface area contributed by atoms with Crippen molar-refractivity contribution in [2.45, 2.75) is 31.7 Å². The fourth-order valence-electron chi connectivity index (χ4n) is 2.14. The average molecular weight is 267 g/mol. The molecule has 1 aromatic carbocycles. The first-order valence-corrected chi connectivity index (χ1v) is 6.30. The summed E-state index contributed by atoms with van der Waals surface area (Å²) in [5.74, 6) is -0.474. The summed E-state index contributed by atoms with van der Waals surface area (Å²) < 4.78 is 0. The molecule has 0 spiro atoms. The van der Waals surface area contributed by atoms with Crippen LogP contribution >= 0.6 is 11.6 Å². The van der Waals surface area contributed by atoms with Crippen LogP contribution in [0.15, 0.2) is 24.3 Å². The lowest BCUT2D eigenvalue weighted by molar-refractivity contribution is -0.119. The Balaban J connectivity index is 2.18. The van der Waals surface area contributed by atoms with Gasteiger partial charge >= 0.3 is 6.03 Å². The third kappa shape index (κ3) is 2.34. The van der Waals surface area contributed by atoms with E-state index in [0.29, 0.717) is 0 Å². The summed E-state index contributed by atoms with van der Waals surface area (Å²) in [6.45, 7) is 3.49. The number of amides is 3. The minimum Gasteiger partial charge on any atom is -0.291 e. The quantitative estimate of drug-likeness (QED) is 0.793. The lowest BCUT2D eigenvalue weighted by atomic mass is 10.1. The minimum atomic E-state index is -0.720. The molecule has 1 aromatic rings. The van der Waals surface area contributed by atoms with Crippen LogP contribution in [0.3, 0.4) is 0 Å². The normalized spacial score (nSPS) is 19.3. The summed E-state index contributed by atoms with van der Waals surface area (Å²) >= 11 is 5.63. The van der Waals surface area contributed by atoms with Crippen molar-refractivity contribution in [3.8, 4) is 0 Å². The van der Waals surface area contributed by atoms with E-state index in [2.05, 4.69) is 5.32 Å². The van der Waals surface area contributed by atoms with E-state index in [-0.39, 0.29) is 6.04 Å². The number of nitrogens with zero attached hydrogens (tertiary/aromatic N) is 1. The van der Waals surface area contributed by atoms with Crippen LogP contribution in [0.2, 0.25) is 0 Å². The highest BCUT2D eigenvalue weighted by atomic mass is 35.5. The first-order valence-electron chi connectivity index (χ1n) is 5.86. The van der Waals surface area contributed by atoms with E-state index in [9.17, 15) is 9.59 Å². The Morgan fingerprint density at radius 3 is 2.78 bits per heavy atom. The summed E-state index contributed by atoms with van der Waals surface area (Å²) in [5, 5.41) is 1.59. The van der Waals surface area contributed by atoms with Gasteiger partial charge in [-0.2, -0.15) is 0 Å². The molecule has 1 aliphatic heterocycles. The summed E-state index contributed by atoms with van der Waals surface area (Å²) in [6.07, 6.45) is 0.800. The van der Waals surface area contributed by atoms with Crippen molar-refractivity contribution in [1.29, 1.82) is 0 Å². The number of nitrogens with one attached hydrogen (secondary N) is 1. The molecular weight excluding hydrogens is 252 g/mol. The zero-order valence-corrected chi connectivity index (χ0v) is 11.1. The van der Waals surface area contributed by atoms with Gasteiger partial charge < -0.3 is 0 Å². The van der Waals surface area contributed by atoms with E-state index in [1.54, 1.807) is 4.90 Å². The van der Waals surface area contributed by atoms with Crippen LogP contribution in [0.4, 0.5) is 10.5 Å². The number of alkyl halides is 1. The van der Waals surface area contributed by atoms with Crippen molar-refractivity contribution in [3.63, 3.8) is 0 Å². The number of para-hydroxylation sites is 1. The van der Waals surface area contributed by atoms with Gasteiger partial charge in [-0.3, -0.25) is 15.0 Å². The molecule has 2 rings (SSSR count). The van der Waals surface area contributed by atoms with Crippen LogP contribution < -0.4 is 10.2 Å². The van der Waals surface area contributed by atoms with Gasteiger partial charge in [0.15, 0.2) is 0 Å². The highest BCUT2D eigenvalue weighted by Gasteiger charge is 2.31. The SMILES string of the molecule is CC(Cl)C(=O)NC(=O)N1c2ccccc2CC1C. The summed E-state index contributed by atoms with van der Waals surface area (Å²) in [5.41, 5.74) is 1.98.